The van der Waals surface area contributed by atoms with Crippen LogP contribution in [0.4, 0.5) is 0 Å². The molecule has 0 unspecified atom stereocenters. The van der Waals surface area contributed by atoms with Crippen LogP contribution >= 0.6 is 15.9 Å². The molecule has 1 aliphatic rings. The first-order valence-corrected chi connectivity index (χ1v) is 6.97. The van der Waals surface area contributed by atoms with Gasteiger partial charge in [0.05, 0.1) is 0 Å². The lowest BCUT2D eigenvalue weighted by atomic mass is 10.2. The molecular formula is C14H16BrNO3. The number of hydrogen-bond acceptors (Lipinski definition) is 3. The van der Waals surface area contributed by atoms with Crippen molar-refractivity contribution in [3.05, 3.63) is 28.2 Å². The number of rotatable bonds is 4. The van der Waals surface area contributed by atoms with Gasteiger partial charge < -0.3 is 14.8 Å². The fraction of sp³-hybridized carbons (Fsp3) is 0.357. The minimum absolute atomic E-state index is 0.0982. The molecule has 0 bridgehead atoms. The number of nitrogens with one attached hydrogen (secondary N) is 1. The smallest absolute Gasteiger partial charge is 0.244 e. The summed E-state index contributed by atoms with van der Waals surface area (Å²) in [7, 11) is 0. The van der Waals surface area contributed by atoms with Crippen molar-refractivity contribution in [2.75, 3.05) is 6.79 Å². The molecule has 1 amide bonds. The van der Waals surface area contributed by atoms with Crippen LogP contribution in [0.2, 0.25) is 0 Å². The van der Waals surface area contributed by atoms with Gasteiger partial charge in [-0.2, -0.15) is 0 Å². The Morgan fingerprint density at radius 1 is 1.47 bits per heavy atom. The minimum Gasteiger partial charge on any atom is -0.454 e. The number of amides is 1. The van der Waals surface area contributed by atoms with E-state index in [0.29, 0.717) is 11.5 Å². The number of benzene rings is 1. The Hall–Kier alpha value is -1.49. The molecule has 1 aromatic rings. The molecule has 0 fully saturated rings. The van der Waals surface area contributed by atoms with E-state index in [4.69, 9.17) is 9.47 Å². The second-order valence-electron chi connectivity index (χ2n) is 4.38. The second-order valence-corrected chi connectivity index (χ2v) is 5.23. The van der Waals surface area contributed by atoms with Gasteiger partial charge in [0, 0.05) is 16.6 Å². The van der Waals surface area contributed by atoms with Crippen LogP contribution in [0.1, 0.15) is 25.8 Å². The molecule has 2 rings (SSSR count). The first-order chi connectivity index (χ1) is 9.10. The molecule has 4 nitrogen and oxygen atoms in total. The Kier molecular flexibility index (Phi) is 4.47. The highest BCUT2D eigenvalue weighted by Gasteiger charge is 2.15. The molecule has 1 atom stereocenters. The molecular weight excluding hydrogens is 310 g/mol. The van der Waals surface area contributed by atoms with Crippen molar-refractivity contribution in [3.8, 4) is 11.5 Å². The van der Waals surface area contributed by atoms with Gasteiger partial charge in [-0.05, 0) is 37.1 Å². The predicted octanol–water partition coefficient (Wildman–Crippen LogP) is 3.11. The Morgan fingerprint density at radius 3 is 2.84 bits per heavy atom. The van der Waals surface area contributed by atoms with Crippen molar-refractivity contribution < 1.29 is 14.3 Å². The third kappa shape index (κ3) is 3.50. The summed E-state index contributed by atoms with van der Waals surface area (Å²) in [5, 5.41) is 2.87. The maximum atomic E-state index is 11.7. The van der Waals surface area contributed by atoms with E-state index < -0.39 is 0 Å². The van der Waals surface area contributed by atoms with Gasteiger partial charge in [0.1, 0.15) is 0 Å². The lowest BCUT2D eigenvalue weighted by Crippen LogP contribution is -2.30. The van der Waals surface area contributed by atoms with E-state index in [1.165, 1.54) is 6.08 Å². The molecule has 1 aromatic carbocycles. The van der Waals surface area contributed by atoms with E-state index in [1.54, 1.807) is 6.08 Å². The number of carbonyl (C=O) groups excluding carboxylic acids is 1. The number of hydrogen-bond donors (Lipinski definition) is 1. The van der Waals surface area contributed by atoms with Crippen LogP contribution in [0.3, 0.4) is 0 Å². The van der Waals surface area contributed by atoms with Gasteiger partial charge in [-0.15, -0.1) is 0 Å². The summed E-state index contributed by atoms with van der Waals surface area (Å²) < 4.78 is 11.4. The fourth-order valence-corrected chi connectivity index (χ4v) is 2.07. The van der Waals surface area contributed by atoms with Crippen molar-refractivity contribution in [1.29, 1.82) is 0 Å². The standard InChI is InChI=1S/C14H16BrNO3/c1-3-9(2)16-14(17)5-4-10-6-12-13(7-11(10)15)19-8-18-12/h4-7,9H,3,8H2,1-2H3,(H,16,17)/b5-4+/t9-/m0/s1. The van der Waals surface area contributed by atoms with Crippen molar-refractivity contribution in [3.63, 3.8) is 0 Å². The van der Waals surface area contributed by atoms with Crippen LogP contribution in [0.15, 0.2) is 22.7 Å². The number of ether oxygens (including phenoxy) is 2. The molecule has 0 radical (unpaired) electrons. The molecule has 5 heteroatoms. The van der Waals surface area contributed by atoms with Crippen molar-refractivity contribution in [2.45, 2.75) is 26.3 Å². The normalized spacial score (nSPS) is 14.7. The van der Waals surface area contributed by atoms with Gasteiger partial charge in [0.15, 0.2) is 11.5 Å². The van der Waals surface area contributed by atoms with E-state index in [-0.39, 0.29) is 18.7 Å². The lowest BCUT2D eigenvalue weighted by molar-refractivity contribution is -0.117. The zero-order chi connectivity index (χ0) is 13.8. The number of fused-ring (bicyclic) bond motifs is 1. The molecule has 1 heterocycles. The first-order valence-electron chi connectivity index (χ1n) is 6.18. The van der Waals surface area contributed by atoms with Crippen LogP contribution in [0.25, 0.3) is 6.08 Å². The van der Waals surface area contributed by atoms with Crippen molar-refractivity contribution in [1.82, 2.24) is 5.32 Å². The maximum absolute atomic E-state index is 11.7. The summed E-state index contributed by atoms with van der Waals surface area (Å²) >= 11 is 3.45. The van der Waals surface area contributed by atoms with Gasteiger partial charge in [0.25, 0.3) is 0 Å². The van der Waals surface area contributed by atoms with E-state index in [9.17, 15) is 4.79 Å². The summed E-state index contributed by atoms with van der Waals surface area (Å²) in [5.41, 5.74) is 0.878. The maximum Gasteiger partial charge on any atom is 0.244 e. The second kappa shape index (κ2) is 6.10. The SMILES string of the molecule is CC[C@H](C)NC(=O)/C=C/c1cc2c(cc1Br)OCO2. The highest BCUT2D eigenvalue weighted by Crippen LogP contribution is 2.37. The van der Waals surface area contributed by atoms with Gasteiger partial charge in [-0.1, -0.05) is 22.9 Å². The zero-order valence-electron chi connectivity index (χ0n) is 10.9. The Balaban J connectivity index is 2.09. The van der Waals surface area contributed by atoms with E-state index >= 15 is 0 Å². The van der Waals surface area contributed by atoms with Crippen molar-refractivity contribution in [2.24, 2.45) is 0 Å². The molecule has 0 aliphatic carbocycles. The van der Waals surface area contributed by atoms with E-state index in [1.807, 2.05) is 26.0 Å². The average Bonchev–Trinajstić information content (AvgIpc) is 2.82. The topological polar surface area (TPSA) is 47.6 Å². The monoisotopic (exact) mass is 325 g/mol. The molecule has 0 aromatic heterocycles. The van der Waals surface area contributed by atoms with Crippen LogP contribution in [-0.4, -0.2) is 18.7 Å². The Labute approximate surface area is 120 Å². The van der Waals surface area contributed by atoms with E-state index in [0.717, 1.165) is 16.5 Å². The highest BCUT2D eigenvalue weighted by molar-refractivity contribution is 9.10. The Bertz CT molecular complexity index is 514. The predicted molar refractivity (Wildman–Crippen MR) is 77.2 cm³/mol. The summed E-state index contributed by atoms with van der Waals surface area (Å²) in [4.78, 5) is 11.7. The quantitative estimate of drug-likeness (QED) is 0.865. The molecule has 102 valence electrons. The fourth-order valence-electron chi connectivity index (χ4n) is 1.62. The van der Waals surface area contributed by atoms with Crippen LogP contribution in [0, 0.1) is 0 Å². The summed E-state index contributed by atoms with van der Waals surface area (Å²) in [6.07, 6.45) is 4.19. The first kappa shape index (κ1) is 13.9. The van der Waals surface area contributed by atoms with Gasteiger partial charge >= 0.3 is 0 Å². The highest BCUT2D eigenvalue weighted by atomic mass is 79.9. The molecule has 19 heavy (non-hydrogen) atoms. The lowest BCUT2D eigenvalue weighted by Gasteiger charge is -2.08. The third-order valence-corrected chi connectivity index (χ3v) is 3.59. The molecule has 1 aliphatic heterocycles. The van der Waals surface area contributed by atoms with Gasteiger partial charge in [-0.3, -0.25) is 4.79 Å². The number of halogens is 1. The van der Waals surface area contributed by atoms with E-state index in [2.05, 4.69) is 21.2 Å². The summed E-state index contributed by atoms with van der Waals surface area (Å²) in [5.74, 6) is 1.32. The Morgan fingerprint density at radius 2 is 2.16 bits per heavy atom. The van der Waals surface area contributed by atoms with Gasteiger partial charge in [0.2, 0.25) is 12.7 Å². The van der Waals surface area contributed by atoms with Gasteiger partial charge in [-0.25, -0.2) is 0 Å². The van der Waals surface area contributed by atoms with Crippen LogP contribution in [0.5, 0.6) is 11.5 Å². The van der Waals surface area contributed by atoms with Crippen LogP contribution in [-0.2, 0) is 4.79 Å². The van der Waals surface area contributed by atoms with Crippen molar-refractivity contribution >= 4 is 27.9 Å². The summed E-state index contributed by atoms with van der Waals surface area (Å²) in [6.45, 7) is 4.24. The minimum atomic E-state index is -0.0982. The molecule has 0 spiro atoms. The third-order valence-electron chi connectivity index (χ3n) is 2.91. The number of carbonyl (C=O) groups is 1. The average molecular weight is 326 g/mol. The zero-order valence-corrected chi connectivity index (χ0v) is 12.5. The summed E-state index contributed by atoms with van der Waals surface area (Å²) in [6, 6.07) is 3.87. The van der Waals surface area contributed by atoms with Crippen LogP contribution < -0.4 is 14.8 Å². The molecule has 0 saturated carbocycles. The molecule has 0 saturated heterocycles. The molecule has 1 N–H and O–H groups in total. The largest absolute Gasteiger partial charge is 0.454 e.